The summed E-state index contributed by atoms with van der Waals surface area (Å²) < 4.78 is 24.9. The maximum Gasteiger partial charge on any atom is 0.424 e. The minimum absolute atomic E-state index is 0.0241. The summed E-state index contributed by atoms with van der Waals surface area (Å²) in [5.74, 6) is -2.52. The molecule has 83 heavy (non-hydrogen) atoms. The van der Waals surface area contributed by atoms with Gasteiger partial charge in [0, 0.05) is 108 Å². The number of urea groups is 1. The van der Waals surface area contributed by atoms with Crippen LogP contribution in [0.2, 0.25) is 0 Å². The van der Waals surface area contributed by atoms with Gasteiger partial charge in [0.25, 0.3) is 0 Å². The third kappa shape index (κ3) is 19.2. The number of benzene rings is 3. The third-order valence-corrected chi connectivity index (χ3v) is 15.5. The Morgan fingerprint density at radius 2 is 1.43 bits per heavy atom. The van der Waals surface area contributed by atoms with Gasteiger partial charge < -0.3 is 49.7 Å². The van der Waals surface area contributed by atoms with Crippen molar-refractivity contribution in [3.8, 4) is 11.1 Å². The number of Topliss-reactive ketones (excluding diaryl/α,β-unsaturated/α-hetero) is 2. The van der Waals surface area contributed by atoms with Crippen molar-refractivity contribution in [3.05, 3.63) is 95.7 Å². The van der Waals surface area contributed by atoms with Crippen LogP contribution in [-0.4, -0.2) is 163 Å². The molecule has 4 N–H and O–H groups in total. The van der Waals surface area contributed by atoms with E-state index in [0.717, 1.165) is 38.9 Å². The number of carbonyl (C=O) groups excluding carboxylic acids is 8. The number of esters is 1. The van der Waals surface area contributed by atoms with E-state index in [4.69, 9.17) is 24.7 Å². The first-order chi connectivity index (χ1) is 39.6. The van der Waals surface area contributed by atoms with Crippen molar-refractivity contribution in [3.63, 3.8) is 0 Å². The highest BCUT2D eigenvalue weighted by atomic mass is 16.6. The van der Waals surface area contributed by atoms with Gasteiger partial charge in [-0.15, -0.1) is 0 Å². The molecule has 1 aromatic heterocycles. The van der Waals surface area contributed by atoms with E-state index in [2.05, 4.69) is 45.5 Å². The quantitative estimate of drug-likeness (QED) is 0.0241. The molecule has 2 aliphatic rings. The van der Waals surface area contributed by atoms with Gasteiger partial charge in [-0.3, -0.25) is 28.8 Å². The zero-order chi connectivity index (χ0) is 60.2. The first kappa shape index (κ1) is 65.0. The largest absolute Gasteiger partial charge is 0.460 e. The summed E-state index contributed by atoms with van der Waals surface area (Å²) in [5.41, 5.74) is 11.0. The van der Waals surface area contributed by atoms with Crippen LogP contribution in [0.25, 0.3) is 22.0 Å². The number of nitrogens with two attached hydrogens (primary N) is 1. The Morgan fingerprint density at radius 1 is 0.795 bits per heavy atom. The number of hydrazine groups is 1. The predicted molar refractivity (Wildman–Crippen MR) is 316 cm³/mol. The second kappa shape index (κ2) is 31.5. The molecule has 4 aromatic rings. The molecule has 0 saturated carbocycles. The Bertz CT molecular complexity index is 2810. The summed E-state index contributed by atoms with van der Waals surface area (Å²) in [7, 11) is 3.52. The van der Waals surface area contributed by atoms with Crippen LogP contribution in [0.15, 0.2) is 78.9 Å². The summed E-state index contributed by atoms with van der Waals surface area (Å²) >= 11 is 0. The number of likely N-dealkylation sites (tertiary alicyclic amines) is 1. The fraction of sp³-hybridized carbons (Fsp3) is 0.556. The molecule has 0 unspecified atom stereocenters. The molecule has 20 heteroatoms. The lowest BCUT2D eigenvalue weighted by atomic mass is 9.88. The second-order valence-electron chi connectivity index (χ2n) is 22.9. The number of piperidine rings is 1. The van der Waals surface area contributed by atoms with Gasteiger partial charge in [-0.1, -0.05) is 87.5 Å². The number of para-hydroxylation sites is 1. The zero-order valence-electron chi connectivity index (χ0n) is 50.0. The fourth-order valence-corrected chi connectivity index (χ4v) is 10.9. The number of ether oxygens (including phenoxy) is 4. The molecule has 452 valence electrons. The number of carbonyl (C=O) groups is 8. The average Bonchev–Trinajstić information content (AvgIpc) is 4.04. The first-order valence-corrected chi connectivity index (χ1v) is 29.3. The molecule has 2 atom stereocenters. The van der Waals surface area contributed by atoms with Crippen molar-refractivity contribution >= 4 is 58.3 Å². The summed E-state index contributed by atoms with van der Waals surface area (Å²) in [6, 6.07) is 24.8. The van der Waals surface area contributed by atoms with E-state index in [1.165, 1.54) is 5.01 Å². The number of ketones is 2. The Kier molecular flexibility index (Phi) is 24.7. The molecule has 0 bridgehead atoms. The van der Waals surface area contributed by atoms with Crippen LogP contribution in [0.1, 0.15) is 128 Å². The van der Waals surface area contributed by atoms with Gasteiger partial charge in [0.1, 0.15) is 18.0 Å². The molecule has 0 radical (unpaired) electrons. The smallest absolute Gasteiger partial charge is 0.424 e. The van der Waals surface area contributed by atoms with Gasteiger partial charge in [-0.2, -0.15) is 0 Å². The number of fused-ring (bicyclic) bond motifs is 4. The highest BCUT2D eigenvalue weighted by Gasteiger charge is 2.34. The molecule has 2 heterocycles. The van der Waals surface area contributed by atoms with Crippen molar-refractivity contribution in [1.29, 1.82) is 0 Å². The van der Waals surface area contributed by atoms with E-state index < -0.39 is 35.6 Å². The number of aromatic nitrogens is 1. The molecule has 1 aliphatic carbocycles. The highest BCUT2D eigenvalue weighted by molar-refractivity contribution is 5.93. The fourth-order valence-electron chi connectivity index (χ4n) is 10.9. The lowest BCUT2D eigenvalue weighted by Gasteiger charge is -2.39. The zero-order valence-corrected chi connectivity index (χ0v) is 50.0. The summed E-state index contributed by atoms with van der Waals surface area (Å²) in [6.07, 6.45) is 1.47. The molecule has 0 spiro atoms. The van der Waals surface area contributed by atoms with E-state index >= 15 is 0 Å². The van der Waals surface area contributed by atoms with Gasteiger partial charge in [0.2, 0.25) is 17.7 Å². The van der Waals surface area contributed by atoms with Crippen LogP contribution >= 0.6 is 0 Å². The molecule has 6 amide bonds. The molecule has 20 nitrogen and oxygen atoms in total. The van der Waals surface area contributed by atoms with E-state index in [1.54, 1.807) is 44.7 Å². The Balaban J connectivity index is 1.03. The predicted octanol–water partition coefficient (Wildman–Crippen LogP) is 7.77. The van der Waals surface area contributed by atoms with Crippen molar-refractivity contribution in [1.82, 2.24) is 35.0 Å². The molecule has 3 aromatic carbocycles. The van der Waals surface area contributed by atoms with Crippen LogP contribution in [0.4, 0.5) is 9.59 Å². The molecule has 6 rings (SSSR count). The maximum absolute atomic E-state index is 14.2. The Labute approximate surface area is 489 Å². The van der Waals surface area contributed by atoms with Crippen LogP contribution in [-0.2, 0) is 60.8 Å². The number of rotatable bonds is 32. The van der Waals surface area contributed by atoms with Crippen molar-refractivity contribution in [2.45, 2.75) is 142 Å². The Hall–Kier alpha value is -7.16. The van der Waals surface area contributed by atoms with Crippen LogP contribution < -0.4 is 16.4 Å². The van der Waals surface area contributed by atoms with Gasteiger partial charge in [-0.25, -0.2) is 19.6 Å². The minimum atomic E-state index is -0.786. The number of nitrogens with zero attached hydrogens (tertiary/aromatic N) is 5. The molecule has 1 fully saturated rings. The monoisotopic (exact) mass is 1150 g/mol. The SMILES string of the molecule is CCC(=O)[C@H](CCCNC(N)=O)NC(=O)[C@@H](CC(=O)CCC(=O)N(CCOCCOCCC(=O)OC(C)(C)C)C1CCN(C(=O)CCn2c(CN(C)N(C)C(=O)OCC3c4ccccc4-c4ccccc43)cc3ccccc32)CC1)C(C)C. The number of nitrogens with one attached hydrogen (secondary N) is 2. The van der Waals surface area contributed by atoms with E-state index in [9.17, 15) is 38.4 Å². The lowest BCUT2D eigenvalue weighted by Crippen LogP contribution is -2.50. The van der Waals surface area contributed by atoms with Gasteiger partial charge in [0.05, 0.1) is 45.4 Å². The van der Waals surface area contributed by atoms with Crippen molar-refractivity contribution in [2.24, 2.45) is 17.6 Å². The lowest BCUT2D eigenvalue weighted by molar-refractivity contribution is -0.156. The molecule has 1 saturated heterocycles. The summed E-state index contributed by atoms with van der Waals surface area (Å²) in [5, 5.41) is 9.62. The number of hydrogen-bond acceptors (Lipinski definition) is 13. The van der Waals surface area contributed by atoms with E-state index in [1.807, 2.05) is 74.3 Å². The van der Waals surface area contributed by atoms with E-state index in [0.29, 0.717) is 51.9 Å². The van der Waals surface area contributed by atoms with Gasteiger partial charge in [0.15, 0.2) is 5.78 Å². The topological polar surface area (TPSA) is 241 Å². The van der Waals surface area contributed by atoms with Crippen molar-refractivity contribution in [2.75, 3.05) is 73.3 Å². The maximum atomic E-state index is 14.2. The van der Waals surface area contributed by atoms with Gasteiger partial charge in [-0.05, 0) is 92.1 Å². The minimum Gasteiger partial charge on any atom is -0.460 e. The highest BCUT2D eigenvalue weighted by Crippen LogP contribution is 2.44. The normalized spacial score (nSPS) is 14.2. The molecular formula is C63H88N8O12. The number of aryl methyl sites for hydroxylation is 1. The summed E-state index contributed by atoms with van der Waals surface area (Å²) in [6.45, 7) is 13.8. The van der Waals surface area contributed by atoms with Gasteiger partial charge >= 0.3 is 18.1 Å². The van der Waals surface area contributed by atoms with E-state index in [-0.39, 0.29) is 132 Å². The number of amides is 6. The third-order valence-electron chi connectivity index (χ3n) is 15.5. The van der Waals surface area contributed by atoms with Crippen LogP contribution in [0.3, 0.4) is 0 Å². The van der Waals surface area contributed by atoms with Crippen LogP contribution in [0.5, 0.6) is 0 Å². The van der Waals surface area contributed by atoms with Crippen molar-refractivity contribution < 1.29 is 57.3 Å². The number of primary amides is 1. The number of hydrogen-bond donors (Lipinski definition) is 3. The molecule has 1 aliphatic heterocycles. The first-order valence-electron chi connectivity index (χ1n) is 29.3. The Morgan fingerprint density at radius 3 is 2.07 bits per heavy atom. The standard InChI is InChI=1S/C63H88N8O12/c1-9-56(73)54(22-16-30-65-61(64)78)66-60(77)52(43(2)3)40-47(72)24-25-58(75)71(34-36-81-38-37-80-35-29-59(76)83-63(4,5)6)45-26-31-69(32-27-45)57(74)28-33-70-46(39-44-17-10-15-23-55(44)70)41-67(7)68(8)62(79)82-42-53-50-20-13-11-18-48(50)49-19-12-14-21-51(49)53/h10-15,17-21,23,39,43,45,52-54H,9,16,22,24-38,40-42H2,1-8H3,(H,66,77)(H3,64,65,78)/t52-,54-/m0/s1. The molecular weight excluding hydrogens is 1060 g/mol. The van der Waals surface area contributed by atoms with Crippen LogP contribution in [0, 0.1) is 11.8 Å². The summed E-state index contributed by atoms with van der Waals surface area (Å²) in [4.78, 5) is 109. The average molecular weight is 1150 g/mol. The second-order valence-corrected chi connectivity index (χ2v) is 22.9.